The van der Waals surface area contributed by atoms with Crippen molar-refractivity contribution in [2.24, 2.45) is 0 Å². The number of aromatic amines is 1. The smallest absolute Gasteiger partial charge is 0.229 e. The number of H-pyrrole nitrogens is 1. The standard InChI is InChI=1S/C18H19N3O/c1-2-5-16-12-17(21-20-16)19-18(22)11-13-8-9-14-6-3-4-7-15(14)10-13/h3-4,6-10,12H,2,5,11H2,1H3,(H2,19,20,21,22). The zero-order valence-electron chi connectivity index (χ0n) is 12.6. The molecule has 1 aromatic heterocycles. The number of aromatic nitrogens is 2. The summed E-state index contributed by atoms with van der Waals surface area (Å²) in [6, 6.07) is 16.1. The van der Waals surface area contributed by atoms with E-state index in [4.69, 9.17) is 0 Å². The average Bonchev–Trinajstić information content (AvgIpc) is 2.94. The highest BCUT2D eigenvalue weighted by Crippen LogP contribution is 2.16. The molecule has 0 spiro atoms. The first kappa shape index (κ1) is 14.3. The quantitative estimate of drug-likeness (QED) is 0.753. The van der Waals surface area contributed by atoms with Crippen LogP contribution in [-0.4, -0.2) is 16.1 Å². The van der Waals surface area contributed by atoms with E-state index in [9.17, 15) is 4.79 Å². The zero-order chi connectivity index (χ0) is 15.4. The number of rotatable bonds is 5. The molecule has 0 fully saturated rings. The Balaban J connectivity index is 1.66. The van der Waals surface area contributed by atoms with E-state index in [1.165, 1.54) is 5.39 Å². The second kappa shape index (κ2) is 6.43. The Bertz CT molecular complexity index is 792. The van der Waals surface area contributed by atoms with Gasteiger partial charge in [-0.15, -0.1) is 0 Å². The molecular formula is C18H19N3O. The highest BCUT2D eigenvalue weighted by atomic mass is 16.1. The molecule has 1 heterocycles. The van der Waals surface area contributed by atoms with E-state index in [0.29, 0.717) is 12.2 Å². The summed E-state index contributed by atoms with van der Waals surface area (Å²) >= 11 is 0. The molecule has 0 bridgehead atoms. The third kappa shape index (κ3) is 3.34. The van der Waals surface area contributed by atoms with Gasteiger partial charge in [0.15, 0.2) is 5.82 Å². The third-order valence-corrected chi connectivity index (χ3v) is 3.60. The normalized spacial score (nSPS) is 10.8. The minimum absolute atomic E-state index is 0.0511. The average molecular weight is 293 g/mol. The SMILES string of the molecule is CCCc1cc(NC(=O)Cc2ccc3ccccc3c2)n[nH]1. The topological polar surface area (TPSA) is 57.8 Å². The van der Waals surface area contributed by atoms with Gasteiger partial charge in [-0.2, -0.15) is 5.10 Å². The van der Waals surface area contributed by atoms with Crippen LogP contribution in [-0.2, 0) is 17.6 Å². The van der Waals surface area contributed by atoms with Crippen molar-refractivity contribution in [2.45, 2.75) is 26.2 Å². The lowest BCUT2D eigenvalue weighted by atomic mass is 10.0. The van der Waals surface area contributed by atoms with Crippen molar-refractivity contribution < 1.29 is 4.79 Å². The van der Waals surface area contributed by atoms with Crippen molar-refractivity contribution in [2.75, 3.05) is 5.32 Å². The predicted octanol–water partition coefficient (Wildman–Crippen LogP) is 3.70. The number of anilines is 1. The highest BCUT2D eigenvalue weighted by Gasteiger charge is 2.07. The van der Waals surface area contributed by atoms with Crippen LogP contribution >= 0.6 is 0 Å². The Hall–Kier alpha value is -2.62. The molecule has 0 radical (unpaired) electrons. The number of fused-ring (bicyclic) bond motifs is 1. The Morgan fingerprint density at radius 3 is 2.77 bits per heavy atom. The summed E-state index contributed by atoms with van der Waals surface area (Å²) in [6.45, 7) is 2.11. The number of nitrogens with one attached hydrogen (secondary N) is 2. The molecule has 0 aliphatic rings. The molecule has 3 rings (SSSR count). The van der Waals surface area contributed by atoms with Gasteiger partial charge in [0.2, 0.25) is 5.91 Å². The molecule has 2 N–H and O–H groups in total. The fourth-order valence-corrected chi connectivity index (χ4v) is 2.54. The fourth-order valence-electron chi connectivity index (χ4n) is 2.54. The molecule has 112 valence electrons. The van der Waals surface area contributed by atoms with Gasteiger partial charge in [0, 0.05) is 11.8 Å². The van der Waals surface area contributed by atoms with Crippen LogP contribution in [0.25, 0.3) is 10.8 Å². The Morgan fingerprint density at radius 2 is 1.95 bits per heavy atom. The van der Waals surface area contributed by atoms with Gasteiger partial charge in [0.05, 0.1) is 6.42 Å². The zero-order valence-corrected chi connectivity index (χ0v) is 12.6. The van der Waals surface area contributed by atoms with Gasteiger partial charge in [0.1, 0.15) is 0 Å². The number of carbonyl (C=O) groups is 1. The largest absolute Gasteiger partial charge is 0.309 e. The van der Waals surface area contributed by atoms with Gasteiger partial charge >= 0.3 is 0 Å². The summed E-state index contributed by atoms with van der Waals surface area (Å²) in [5.41, 5.74) is 2.05. The number of hydrogen-bond acceptors (Lipinski definition) is 2. The van der Waals surface area contributed by atoms with Gasteiger partial charge < -0.3 is 5.32 Å². The maximum atomic E-state index is 12.1. The van der Waals surface area contributed by atoms with Crippen LogP contribution in [0.2, 0.25) is 0 Å². The first-order valence-corrected chi connectivity index (χ1v) is 7.56. The number of amides is 1. The van der Waals surface area contributed by atoms with E-state index in [-0.39, 0.29) is 5.91 Å². The third-order valence-electron chi connectivity index (χ3n) is 3.60. The highest BCUT2D eigenvalue weighted by molar-refractivity contribution is 5.92. The monoisotopic (exact) mass is 293 g/mol. The molecule has 0 aliphatic carbocycles. The summed E-state index contributed by atoms with van der Waals surface area (Å²) in [7, 11) is 0. The number of aryl methyl sites for hydroxylation is 1. The van der Waals surface area contributed by atoms with Crippen LogP contribution < -0.4 is 5.32 Å². The van der Waals surface area contributed by atoms with E-state index in [1.54, 1.807) is 0 Å². The molecule has 0 atom stereocenters. The predicted molar refractivity (Wildman–Crippen MR) is 88.9 cm³/mol. The van der Waals surface area contributed by atoms with Crippen LogP contribution in [0, 0.1) is 0 Å². The molecule has 22 heavy (non-hydrogen) atoms. The molecule has 0 aliphatic heterocycles. The lowest BCUT2D eigenvalue weighted by molar-refractivity contribution is -0.115. The lowest BCUT2D eigenvalue weighted by Crippen LogP contribution is -2.14. The van der Waals surface area contributed by atoms with Gasteiger partial charge in [-0.25, -0.2) is 0 Å². The van der Waals surface area contributed by atoms with Crippen LogP contribution in [0.15, 0.2) is 48.5 Å². The van der Waals surface area contributed by atoms with Crippen molar-refractivity contribution >= 4 is 22.5 Å². The molecule has 3 aromatic rings. The van der Waals surface area contributed by atoms with Crippen molar-refractivity contribution in [3.05, 3.63) is 59.8 Å². The molecule has 0 unspecified atom stereocenters. The van der Waals surface area contributed by atoms with Gasteiger partial charge in [0.25, 0.3) is 0 Å². The van der Waals surface area contributed by atoms with Gasteiger partial charge in [-0.05, 0) is 22.8 Å². The van der Waals surface area contributed by atoms with E-state index in [0.717, 1.165) is 29.5 Å². The van der Waals surface area contributed by atoms with Gasteiger partial charge in [-0.1, -0.05) is 55.8 Å². The number of hydrogen-bond donors (Lipinski definition) is 2. The van der Waals surface area contributed by atoms with Crippen LogP contribution in [0.5, 0.6) is 0 Å². The van der Waals surface area contributed by atoms with Gasteiger partial charge in [-0.3, -0.25) is 9.89 Å². The van der Waals surface area contributed by atoms with Crippen LogP contribution in [0.1, 0.15) is 24.6 Å². The van der Waals surface area contributed by atoms with Crippen LogP contribution in [0.4, 0.5) is 5.82 Å². The first-order valence-electron chi connectivity index (χ1n) is 7.56. The fraction of sp³-hybridized carbons (Fsp3) is 0.222. The molecule has 2 aromatic carbocycles. The Labute approximate surface area is 129 Å². The molecule has 0 saturated carbocycles. The number of nitrogens with zero attached hydrogens (tertiary/aromatic N) is 1. The number of benzene rings is 2. The lowest BCUT2D eigenvalue weighted by Gasteiger charge is -2.04. The summed E-state index contributed by atoms with van der Waals surface area (Å²) in [6.07, 6.45) is 2.33. The first-order chi connectivity index (χ1) is 10.7. The minimum Gasteiger partial charge on any atom is -0.309 e. The van der Waals surface area contributed by atoms with Crippen molar-refractivity contribution in [1.29, 1.82) is 0 Å². The summed E-state index contributed by atoms with van der Waals surface area (Å²) < 4.78 is 0. The summed E-state index contributed by atoms with van der Waals surface area (Å²) in [5, 5.41) is 12.2. The Kier molecular flexibility index (Phi) is 4.19. The second-order valence-electron chi connectivity index (χ2n) is 5.43. The summed E-state index contributed by atoms with van der Waals surface area (Å²) in [5.74, 6) is 0.541. The van der Waals surface area contributed by atoms with Crippen molar-refractivity contribution in [1.82, 2.24) is 10.2 Å². The minimum atomic E-state index is -0.0511. The van der Waals surface area contributed by atoms with Crippen molar-refractivity contribution in [3.8, 4) is 0 Å². The second-order valence-corrected chi connectivity index (χ2v) is 5.43. The molecule has 4 nitrogen and oxygen atoms in total. The number of carbonyl (C=O) groups excluding carboxylic acids is 1. The van der Waals surface area contributed by atoms with E-state index < -0.39 is 0 Å². The van der Waals surface area contributed by atoms with E-state index >= 15 is 0 Å². The molecule has 1 amide bonds. The van der Waals surface area contributed by atoms with Crippen LogP contribution in [0.3, 0.4) is 0 Å². The molecule has 0 saturated heterocycles. The molecule has 4 heteroatoms. The Morgan fingerprint density at radius 1 is 1.14 bits per heavy atom. The maximum absolute atomic E-state index is 12.1. The molecular weight excluding hydrogens is 274 g/mol. The summed E-state index contributed by atoms with van der Waals surface area (Å²) in [4.78, 5) is 12.1. The maximum Gasteiger partial charge on any atom is 0.229 e. The van der Waals surface area contributed by atoms with Crippen molar-refractivity contribution in [3.63, 3.8) is 0 Å². The van der Waals surface area contributed by atoms with E-state index in [2.05, 4.69) is 40.6 Å². The van der Waals surface area contributed by atoms with E-state index in [1.807, 2.05) is 30.3 Å².